The lowest BCUT2D eigenvalue weighted by molar-refractivity contribution is -0.143. The van der Waals surface area contributed by atoms with Crippen molar-refractivity contribution in [2.24, 2.45) is 0 Å². The number of thiazole rings is 1. The summed E-state index contributed by atoms with van der Waals surface area (Å²) in [6.45, 7) is 3.67. The van der Waals surface area contributed by atoms with Crippen molar-refractivity contribution >= 4 is 39.1 Å². The van der Waals surface area contributed by atoms with Gasteiger partial charge in [0.25, 0.3) is 5.91 Å². The highest BCUT2D eigenvalue weighted by molar-refractivity contribution is 9.10. The van der Waals surface area contributed by atoms with E-state index in [1.807, 2.05) is 43.5 Å². The van der Waals surface area contributed by atoms with Crippen molar-refractivity contribution in [1.29, 1.82) is 0 Å². The summed E-state index contributed by atoms with van der Waals surface area (Å²) >= 11 is 4.89. The molecule has 1 N–H and O–H groups in total. The summed E-state index contributed by atoms with van der Waals surface area (Å²) in [4.78, 5) is 28.8. The fourth-order valence-electron chi connectivity index (χ4n) is 2.91. The van der Waals surface area contributed by atoms with Crippen molar-refractivity contribution in [2.75, 3.05) is 13.7 Å². The second-order valence-corrected chi connectivity index (χ2v) is 8.48. The van der Waals surface area contributed by atoms with E-state index < -0.39 is 5.97 Å². The highest BCUT2D eigenvalue weighted by atomic mass is 79.9. The van der Waals surface area contributed by atoms with Crippen LogP contribution in [0.2, 0.25) is 0 Å². The summed E-state index contributed by atoms with van der Waals surface area (Å²) in [7, 11) is 1.61. The summed E-state index contributed by atoms with van der Waals surface area (Å²) in [6, 6.07) is 11.2. The highest BCUT2D eigenvalue weighted by Crippen LogP contribution is 2.34. The Kier molecular flexibility index (Phi) is 7.23. The molecule has 0 aliphatic heterocycles. The van der Waals surface area contributed by atoms with Crippen LogP contribution in [0.4, 0.5) is 0 Å². The van der Waals surface area contributed by atoms with Gasteiger partial charge < -0.3 is 14.8 Å². The number of halogens is 1. The minimum atomic E-state index is -0.526. The predicted molar refractivity (Wildman–Crippen MR) is 120 cm³/mol. The molecule has 0 aliphatic carbocycles. The number of aryl methyl sites for hydroxylation is 2. The van der Waals surface area contributed by atoms with Crippen molar-refractivity contribution in [3.8, 4) is 16.3 Å². The Morgan fingerprint density at radius 1 is 1.13 bits per heavy atom. The smallest absolute Gasteiger partial charge is 0.325 e. The number of carbonyl (C=O) groups excluding carboxylic acids is 2. The number of nitrogens with zero attached hydrogens (tertiary/aromatic N) is 1. The minimum Gasteiger partial charge on any atom is -0.496 e. The zero-order chi connectivity index (χ0) is 21.7. The first-order valence-corrected chi connectivity index (χ1v) is 10.8. The highest BCUT2D eigenvalue weighted by Gasteiger charge is 2.13. The van der Waals surface area contributed by atoms with E-state index >= 15 is 0 Å². The molecule has 0 saturated carbocycles. The van der Waals surface area contributed by atoms with Crippen LogP contribution in [0.25, 0.3) is 10.6 Å². The van der Waals surface area contributed by atoms with Gasteiger partial charge >= 0.3 is 5.97 Å². The molecule has 1 amide bonds. The Hall–Kier alpha value is -2.71. The number of hydrogen-bond donors (Lipinski definition) is 1. The lowest BCUT2D eigenvalue weighted by Gasteiger charge is -2.07. The number of aromatic nitrogens is 1. The van der Waals surface area contributed by atoms with Gasteiger partial charge in [-0.05, 0) is 44.2 Å². The second-order valence-electron chi connectivity index (χ2n) is 6.71. The van der Waals surface area contributed by atoms with Gasteiger partial charge in [0.15, 0.2) is 0 Å². The van der Waals surface area contributed by atoms with Gasteiger partial charge in [0.05, 0.1) is 18.4 Å². The van der Waals surface area contributed by atoms with Gasteiger partial charge in [0, 0.05) is 15.4 Å². The van der Waals surface area contributed by atoms with Gasteiger partial charge in [-0.2, -0.15) is 0 Å². The maximum absolute atomic E-state index is 12.2. The number of methoxy groups -OCH3 is 1. The number of carbonyl (C=O) groups is 2. The van der Waals surface area contributed by atoms with E-state index in [2.05, 4.69) is 26.2 Å². The van der Waals surface area contributed by atoms with E-state index in [1.165, 1.54) is 11.3 Å². The van der Waals surface area contributed by atoms with Gasteiger partial charge in [0.1, 0.15) is 23.9 Å². The molecular formula is C22H21BrN2O4S. The van der Waals surface area contributed by atoms with Crippen LogP contribution in [0.15, 0.2) is 46.3 Å². The quantitative estimate of drug-likeness (QED) is 0.488. The van der Waals surface area contributed by atoms with Gasteiger partial charge in [-0.15, -0.1) is 11.3 Å². The molecule has 0 radical (unpaired) electrons. The average Bonchev–Trinajstić information content (AvgIpc) is 3.18. The third kappa shape index (κ3) is 5.67. The summed E-state index contributed by atoms with van der Waals surface area (Å²) in [5.41, 5.74) is 3.99. The number of nitrogens with one attached hydrogen (secondary N) is 1. The third-order valence-electron chi connectivity index (χ3n) is 4.20. The summed E-state index contributed by atoms with van der Waals surface area (Å²) < 4.78 is 11.5. The Balaban J connectivity index is 1.54. The van der Waals surface area contributed by atoms with Crippen LogP contribution in [0, 0.1) is 13.8 Å². The van der Waals surface area contributed by atoms with Gasteiger partial charge in [-0.3, -0.25) is 9.59 Å². The van der Waals surface area contributed by atoms with Crippen molar-refractivity contribution in [3.63, 3.8) is 0 Å². The van der Waals surface area contributed by atoms with Crippen molar-refractivity contribution in [3.05, 3.63) is 68.6 Å². The number of hydrogen-bond acceptors (Lipinski definition) is 6. The number of amides is 1. The molecule has 0 bridgehead atoms. The molecule has 2 aromatic carbocycles. The van der Waals surface area contributed by atoms with Crippen molar-refractivity contribution in [1.82, 2.24) is 10.3 Å². The summed E-state index contributed by atoms with van der Waals surface area (Å²) in [5.74, 6) is -0.121. The molecule has 8 heteroatoms. The summed E-state index contributed by atoms with van der Waals surface area (Å²) in [5, 5.41) is 5.19. The number of esters is 1. The molecule has 0 fully saturated rings. The largest absolute Gasteiger partial charge is 0.496 e. The fourth-order valence-corrected chi connectivity index (χ4v) is 4.10. The molecule has 3 rings (SSSR count). The number of rotatable bonds is 7. The standard InChI is InChI=1S/C22H21BrN2O4S/c1-13-6-14(2)8-15(7-13)21(27)24-10-20(26)29-11-17-12-30-22(25-17)18-9-16(23)4-5-19(18)28-3/h4-9,12H,10-11H2,1-3H3,(H,24,27). The van der Waals surface area contributed by atoms with E-state index in [0.717, 1.165) is 26.2 Å². The van der Waals surface area contributed by atoms with Crippen LogP contribution in [0.5, 0.6) is 5.75 Å². The molecule has 0 atom stereocenters. The first-order chi connectivity index (χ1) is 14.4. The third-order valence-corrected chi connectivity index (χ3v) is 5.62. The Morgan fingerprint density at radius 2 is 1.87 bits per heavy atom. The fraction of sp³-hybridized carbons (Fsp3) is 0.227. The van der Waals surface area contributed by atoms with Gasteiger partial charge in [-0.1, -0.05) is 33.1 Å². The van der Waals surface area contributed by atoms with Gasteiger partial charge in [0.2, 0.25) is 0 Å². The molecule has 0 saturated heterocycles. The molecule has 0 aliphatic rings. The van der Waals surface area contributed by atoms with E-state index in [1.54, 1.807) is 19.2 Å². The van der Waals surface area contributed by atoms with E-state index in [9.17, 15) is 9.59 Å². The van der Waals surface area contributed by atoms with Crippen LogP contribution < -0.4 is 10.1 Å². The van der Waals surface area contributed by atoms with Crippen LogP contribution >= 0.6 is 27.3 Å². The lowest BCUT2D eigenvalue weighted by atomic mass is 10.1. The Bertz CT molecular complexity index is 1060. The zero-order valence-corrected chi connectivity index (χ0v) is 19.2. The molecule has 1 heterocycles. The van der Waals surface area contributed by atoms with Crippen LogP contribution in [-0.4, -0.2) is 30.5 Å². The molecule has 156 valence electrons. The summed E-state index contributed by atoms with van der Waals surface area (Å²) in [6.07, 6.45) is 0. The van der Waals surface area contributed by atoms with E-state index in [0.29, 0.717) is 17.0 Å². The first-order valence-electron chi connectivity index (χ1n) is 9.16. The Labute approximate surface area is 187 Å². The van der Waals surface area contributed by atoms with Crippen LogP contribution in [0.3, 0.4) is 0 Å². The minimum absolute atomic E-state index is 0.0328. The zero-order valence-electron chi connectivity index (χ0n) is 16.8. The topological polar surface area (TPSA) is 77.5 Å². The monoisotopic (exact) mass is 488 g/mol. The second kappa shape index (κ2) is 9.86. The molecule has 30 heavy (non-hydrogen) atoms. The molecule has 1 aromatic heterocycles. The molecule has 0 unspecified atom stereocenters. The number of ether oxygens (including phenoxy) is 2. The molecule has 6 nitrogen and oxygen atoms in total. The SMILES string of the molecule is COc1ccc(Br)cc1-c1nc(COC(=O)CNC(=O)c2cc(C)cc(C)c2)cs1. The molecule has 0 spiro atoms. The molecule has 3 aromatic rings. The predicted octanol–water partition coefficient (Wildman–Crippen LogP) is 4.67. The Morgan fingerprint density at radius 3 is 2.57 bits per heavy atom. The normalized spacial score (nSPS) is 10.5. The number of benzene rings is 2. The molecular weight excluding hydrogens is 468 g/mol. The maximum atomic E-state index is 12.2. The van der Waals surface area contributed by atoms with E-state index in [-0.39, 0.29) is 19.1 Å². The average molecular weight is 489 g/mol. The van der Waals surface area contributed by atoms with E-state index in [4.69, 9.17) is 9.47 Å². The first kappa shape index (κ1) is 22.0. The lowest BCUT2D eigenvalue weighted by Crippen LogP contribution is -2.30. The van der Waals surface area contributed by atoms with Crippen molar-refractivity contribution < 1.29 is 19.1 Å². The van der Waals surface area contributed by atoms with Crippen molar-refractivity contribution in [2.45, 2.75) is 20.5 Å². The maximum Gasteiger partial charge on any atom is 0.325 e. The van der Waals surface area contributed by atoms with Crippen LogP contribution in [0.1, 0.15) is 27.2 Å². The van der Waals surface area contributed by atoms with Gasteiger partial charge in [-0.25, -0.2) is 4.98 Å². The van der Waals surface area contributed by atoms with Crippen LogP contribution in [-0.2, 0) is 16.1 Å².